The third kappa shape index (κ3) is 8.52. The number of halogens is 3. The van der Waals surface area contributed by atoms with Gasteiger partial charge in [0.15, 0.2) is 5.69 Å². The van der Waals surface area contributed by atoms with Crippen molar-refractivity contribution in [3.8, 4) is 6.07 Å². The van der Waals surface area contributed by atoms with Crippen molar-refractivity contribution in [1.82, 2.24) is 14.7 Å². The molecule has 2 aromatic heterocycles. The minimum Gasteiger partial charge on any atom is -0.428 e. The molecular formula is C25H26F3N5O5S. The van der Waals surface area contributed by atoms with Gasteiger partial charge in [0.25, 0.3) is 11.9 Å². The number of alkyl halides is 3. The molecule has 39 heavy (non-hydrogen) atoms. The Hall–Kier alpha value is -3.96. The molecule has 10 nitrogen and oxygen atoms in total. The Morgan fingerprint density at radius 1 is 1.18 bits per heavy atom. The number of aryl methyl sites for hydroxylation is 1. The fraction of sp³-hybridized carbons (Fsp3) is 0.360. The van der Waals surface area contributed by atoms with Crippen LogP contribution in [-0.2, 0) is 33.9 Å². The molecule has 3 aromatic rings. The zero-order chi connectivity index (χ0) is 28.6. The number of methoxy groups -OCH3 is 1. The van der Waals surface area contributed by atoms with Crippen LogP contribution in [0.4, 0.5) is 19.2 Å². The number of oxazole rings is 1. The zero-order valence-electron chi connectivity index (χ0n) is 21.2. The van der Waals surface area contributed by atoms with E-state index in [1.807, 2.05) is 10.8 Å². The normalized spacial score (nSPS) is 11.7. The van der Waals surface area contributed by atoms with Gasteiger partial charge < -0.3 is 14.1 Å². The van der Waals surface area contributed by atoms with E-state index in [0.717, 1.165) is 17.8 Å². The number of hydrogen-bond donors (Lipinski definition) is 1. The number of carbonyl (C=O) groups excluding carboxylic acids is 1. The van der Waals surface area contributed by atoms with Crippen LogP contribution in [0.15, 0.2) is 47.0 Å². The van der Waals surface area contributed by atoms with Crippen molar-refractivity contribution >= 4 is 21.9 Å². The number of carbonyl (C=O) groups is 1. The highest BCUT2D eigenvalue weighted by Crippen LogP contribution is 2.28. The van der Waals surface area contributed by atoms with E-state index in [1.54, 1.807) is 29.2 Å². The number of nitrogens with zero attached hydrogens (tertiary/aromatic N) is 4. The number of rotatable bonds is 12. The number of ether oxygens (including phenoxy) is 1. The third-order valence-corrected chi connectivity index (χ3v) is 6.85. The van der Waals surface area contributed by atoms with Gasteiger partial charge in [-0.15, -0.1) is 0 Å². The molecule has 1 N–H and O–H groups in total. The SMILES string of the molecule is COCCCS(=O)(=O)NC(=O)c1nc(N(CCc2ccc(C#N)cc2)Cc2ccc(C(F)(F)F)nc2)oc1C. The molecule has 1 amide bonds. The molecule has 0 unspecified atom stereocenters. The Kier molecular flexibility index (Phi) is 9.66. The summed E-state index contributed by atoms with van der Waals surface area (Å²) < 4.78 is 75.7. The van der Waals surface area contributed by atoms with Gasteiger partial charge in [0.05, 0.1) is 17.4 Å². The second-order valence-corrected chi connectivity index (χ2v) is 10.4. The van der Waals surface area contributed by atoms with Crippen molar-refractivity contribution in [3.05, 3.63) is 76.4 Å². The summed E-state index contributed by atoms with van der Waals surface area (Å²) >= 11 is 0. The quantitative estimate of drug-likeness (QED) is 0.326. The number of aromatic nitrogens is 2. The monoisotopic (exact) mass is 565 g/mol. The Morgan fingerprint density at radius 2 is 1.87 bits per heavy atom. The van der Waals surface area contributed by atoms with E-state index in [0.29, 0.717) is 17.5 Å². The minimum absolute atomic E-state index is 0.0250. The third-order valence-electron chi connectivity index (χ3n) is 5.52. The summed E-state index contributed by atoms with van der Waals surface area (Å²) in [6.45, 7) is 1.96. The Morgan fingerprint density at radius 3 is 2.46 bits per heavy atom. The molecule has 0 spiro atoms. The average molecular weight is 566 g/mol. The van der Waals surface area contributed by atoms with Crippen molar-refractivity contribution in [2.24, 2.45) is 0 Å². The number of sulfonamides is 1. The predicted molar refractivity (Wildman–Crippen MR) is 134 cm³/mol. The zero-order valence-corrected chi connectivity index (χ0v) is 22.0. The van der Waals surface area contributed by atoms with Crippen molar-refractivity contribution in [2.45, 2.75) is 32.5 Å². The van der Waals surface area contributed by atoms with Crippen LogP contribution in [-0.4, -0.2) is 50.3 Å². The maximum atomic E-state index is 12.9. The molecule has 0 aliphatic rings. The highest BCUT2D eigenvalue weighted by molar-refractivity contribution is 7.90. The largest absolute Gasteiger partial charge is 0.433 e. The fourth-order valence-electron chi connectivity index (χ4n) is 3.52. The standard InChI is InChI=1S/C25H26F3N5O5S/c1-17-22(23(34)32-39(35,36)13-3-12-37-2)31-24(38-17)33(11-10-18-4-6-19(14-29)7-5-18)16-20-8-9-21(30-15-20)25(26,27)28/h4-9,15H,3,10-13,16H2,1-2H3,(H,32,34). The molecule has 0 fully saturated rings. The van der Waals surface area contributed by atoms with Crippen LogP contribution in [0.3, 0.4) is 0 Å². The van der Waals surface area contributed by atoms with Gasteiger partial charge in [0, 0.05) is 33.0 Å². The molecule has 0 saturated heterocycles. The van der Waals surface area contributed by atoms with Crippen LogP contribution < -0.4 is 9.62 Å². The number of nitrogens with one attached hydrogen (secondary N) is 1. The van der Waals surface area contributed by atoms with Crippen molar-refractivity contribution in [1.29, 1.82) is 5.26 Å². The van der Waals surface area contributed by atoms with E-state index in [4.69, 9.17) is 14.4 Å². The van der Waals surface area contributed by atoms with Crippen LogP contribution in [0.5, 0.6) is 0 Å². The molecule has 1 aromatic carbocycles. The van der Waals surface area contributed by atoms with Gasteiger partial charge in [-0.2, -0.15) is 23.4 Å². The van der Waals surface area contributed by atoms with E-state index in [-0.39, 0.29) is 49.3 Å². The van der Waals surface area contributed by atoms with Gasteiger partial charge in [0.2, 0.25) is 10.0 Å². The summed E-state index contributed by atoms with van der Waals surface area (Å²) in [6.07, 6.45) is -2.86. The first kappa shape index (κ1) is 29.6. The first-order valence-electron chi connectivity index (χ1n) is 11.7. The van der Waals surface area contributed by atoms with Gasteiger partial charge in [-0.25, -0.2) is 13.1 Å². The molecule has 208 valence electrons. The second kappa shape index (κ2) is 12.7. The highest BCUT2D eigenvalue weighted by Gasteiger charge is 2.32. The second-order valence-electron chi connectivity index (χ2n) is 8.53. The van der Waals surface area contributed by atoms with E-state index < -0.39 is 27.8 Å². The van der Waals surface area contributed by atoms with Crippen molar-refractivity contribution in [2.75, 3.05) is 30.9 Å². The summed E-state index contributed by atoms with van der Waals surface area (Å²) in [4.78, 5) is 22.0. The number of anilines is 1. The number of amides is 1. The van der Waals surface area contributed by atoms with Crippen LogP contribution in [0, 0.1) is 18.3 Å². The molecule has 0 bridgehead atoms. The van der Waals surface area contributed by atoms with E-state index in [9.17, 15) is 26.4 Å². The maximum absolute atomic E-state index is 12.9. The first-order chi connectivity index (χ1) is 18.4. The van der Waals surface area contributed by atoms with E-state index >= 15 is 0 Å². The lowest BCUT2D eigenvalue weighted by molar-refractivity contribution is -0.141. The lowest BCUT2D eigenvalue weighted by Crippen LogP contribution is -2.33. The predicted octanol–water partition coefficient (Wildman–Crippen LogP) is 3.61. The average Bonchev–Trinajstić information content (AvgIpc) is 3.28. The number of pyridine rings is 1. The van der Waals surface area contributed by atoms with Gasteiger partial charge in [-0.3, -0.25) is 9.78 Å². The summed E-state index contributed by atoms with van der Waals surface area (Å²) in [5, 5.41) is 9.00. The molecule has 0 aliphatic carbocycles. The molecule has 0 aliphatic heterocycles. The van der Waals surface area contributed by atoms with Crippen LogP contribution in [0.25, 0.3) is 0 Å². The van der Waals surface area contributed by atoms with Crippen molar-refractivity contribution in [3.63, 3.8) is 0 Å². The summed E-state index contributed by atoms with van der Waals surface area (Å²) in [5.41, 5.74) is 0.503. The Bertz CT molecular complexity index is 1420. The van der Waals surface area contributed by atoms with Gasteiger partial charge in [-0.05, 0) is 49.1 Å². The number of nitriles is 1. The smallest absolute Gasteiger partial charge is 0.428 e. The molecule has 0 atom stereocenters. The van der Waals surface area contributed by atoms with Gasteiger partial charge in [0.1, 0.15) is 11.5 Å². The Balaban J connectivity index is 1.83. The number of benzene rings is 1. The molecule has 14 heteroatoms. The van der Waals surface area contributed by atoms with Crippen LogP contribution in [0.1, 0.15) is 45.1 Å². The molecule has 3 rings (SSSR count). The molecular weight excluding hydrogens is 539 g/mol. The highest BCUT2D eigenvalue weighted by atomic mass is 32.2. The van der Waals surface area contributed by atoms with Crippen LogP contribution in [0.2, 0.25) is 0 Å². The van der Waals surface area contributed by atoms with Crippen LogP contribution >= 0.6 is 0 Å². The van der Waals surface area contributed by atoms with E-state index in [1.165, 1.54) is 20.1 Å². The lowest BCUT2D eigenvalue weighted by atomic mass is 10.1. The lowest BCUT2D eigenvalue weighted by Gasteiger charge is -2.21. The fourth-order valence-corrected chi connectivity index (χ4v) is 4.50. The molecule has 0 radical (unpaired) electrons. The summed E-state index contributed by atoms with van der Waals surface area (Å²) in [5.74, 6) is -1.24. The first-order valence-corrected chi connectivity index (χ1v) is 13.3. The van der Waals surface area contributed by atoms with Gasteiger partial charge >= 0.3 is 6.18 Å². The van der Waals surface area contributed by atoms with Gasteiger partial charge in [-0.1, -0.05) is 18.2 Å². The van der Waals surface area contributed by atoms with E-state index in [2.05, 4.69) is 9.97 Å². The molecule has 0 saturated carbocycles. The summed E-state index contributed by atoms with van der Waals surface area (Å²) in [7, 11) is -2.51. The maximum Gasteiger partial charge on any atom is 0.433 e. The Labute approximate surface area is 223 Å². The minimum atomic E-state index is -4.58. The number of hydrogen-bond acceptors (Lipinski definition) is 9. The molecule has 2 heterocycles. The van der Waals surface area contributed by atoms with Crippen molar-refractivity contribution < 1.29 is 35.5 Å². The summed E-state index contributed by atoms with van der Waals surface area (Å²) in [6, 6.07) is 11.0. The topological polar surface area (TPSA) is 138 Å².